The first-order valence-corrected chi connectivity index (χ1v) is 6.84. The van der Waals surface area contributed by atoms with Crippen LogP contribution in [0.2, 0.25) is 0 Å². The summed E-state index contributed by atoms with van der Waals surface area (Å²) >= 11 is 0. The molecule has 2 rings (SSSR count). The van der Waals surface area contributed by atoms with Gasteiger partial charge < -0.3 is 9.84 Å². The maximum atomic E-state index is 13.0. The van der Waals surface area contributed by atoms with Gasteiger partial charge in [0.25, 0.3) is 0 Å². The van der Waals surface area contributed by atoms with Gasteiger partial charge in [0, 0.05) is 13.2 Å². The average molecular weight is 281 g/mol. The second-order valence-corrected chi connectivity index (χ2v) is 5.16. The van der Waals surface area contributed by atoms with Crippen molar-refractivity contribution >= 4 is 5.97 Å². The van der Waals surface area contributed by atoms with Crippen LogP contribution < -0.4 is 0 Å². The predicted octanol–water partition coefficient (Wildman–Crippen LogP) is 1.74. The van der Waals surface area contributed by atoms with Crippen LogP contribution in [0.1, 0.15) is 24.4 Å². The number of benzene rings is 1. The van der Waals surface area contributed by atoms with Crippen molar-refractivity contribution in [1.29, 1.82) is 0 Å². The Balaban J connectivity index is 2.23. The fourth-order valence-corrected chi connectivity index (χ4v) is 2.73. The molecule has 1 fully saturated rings. The van der Waals surface area contributed by atoms with Crippen molar-refractivity contribution in [3.63, 3.8) is 0 Å². The van der Waals surface area contributed by atoms with E-state index in [1.165, 1.54) is 19.2 Å². The Labute approximate surface area is 118 Å². The first-order valence-electron chi connectivity index (χ1n) is 6.84. The minimum absolute atomic E-state index is 0.119. The molecule has 1 aliphatic heterocycles. The highest BCUT2D eigenvalue weighted by Crippen LogP contribution is 2.28. The molecule has 0 radical (unpaired) electrons. The van der Waals surface area contributed by atoms with Crippen LogP contribution in [0, 0.1) is 11.7 Å². The van der Waals surface area contributed by atoms with E-state index >= 15 is 0 Å². The number of hydrogen-bond acceptors (Lipinski definition) is 4. The standard InChI is InChI=1S/C15H20FNO3/c1-20-15(19)14(12-4-6-13(16)7-5-12)17-8-2-3-11(9-17)10-18/h4-7,11,14,18H,2-3,8-10H2,1H3. The third-order valence-electron chi connectivity index (χ3n) is 3.78. The van der Waals surface area contributed by atoms with Gasteiger partial charge in [-0.1, -0.05) is 12.1 Å². The Hall–Kier alpha value is -1.46. The van der Waals surface area contributed by atoms with Crippen molar-refractivity contribution in [2.75, 3.05) is 26.8 Å². The highest BCUT2D eigenvalue weighted by molar-refractivity contribution is 5.77. The summed E-state index contributed by atoms with van der Waals surface area (Å²) in [6.07, 6.45) is 1.89. The van der Waals surface area contributed by atoms with E-state index in [2.05, 4.69) is 0 Å². The first-order chi connectivity index (χ1) is 9.65. The lowest BCUT2D eigenvalue weighted by Crippen LogP contribution is -2.42. The largest absolute Gasteiger partial charge is 0.468 e. The average Bonchev–Trinajstić information content (AvgIpc) is 2.49. The number of methoxy groups -OCH3 is 1. The molecule has 1 aromatic rings. The zero-order valence-corrected chi connectivity index (χ0v) is 11.6. The summed E-state index contributed by atoms with van der Waals surface area (Å²) in [5.41, 5.74) is 0.719. The molecule has 1 saturated heterocycles. The molecule has 1 aliphatic rings. The topological polar surface area (TPSA) is 49.8 Å². The van der Waals surface area contributed by atoms with Gasteiger partial charge in [-0.05, 0) is 43.0 Å². The number of halogens is 1. The summed E-state index contributed by atoms with van der Waals surface area (Å²) in [5, 5.41) is 9.30. The first kappa shape index (κ1) is 14.9. The summed E-state index contributed by atoms with van der Waals surface area (Å²) in [6, 6.07) is 5.38. The predicted molar refractivity (Wildman–Crippen MR) is 72.5 cm³/mol. The molecule has 4 nitrogen and oxygen atoms in total. The highest BCUT2D eigenvalue weighted by atomic mass is 19.1. The van der Waals surface area contributed by atoms with Crippen molar-refractivity contribution < 1.29 is 19.0 Å². The zero-order valence-electron chi connectivity index (χ0n) is 11.6. The Morgan fingerprint density at radius 3 is 2.80 bits per heavy atom. The Morgan fingerprint density at radius 1 is 1.50 bits per heavy atom. The van der Waals surface area contributed by atoms with E-state index in [1.54, 1.807) is 12.1 Å². The molecular formula is C15H20FNO3. The van der Waals surface area contributed by atoms with E-state index in [1.807, 2.05) is 4.90 Å². The molecule has 0 spiro atoms. The lowest BCUT2D eigenvalue weighted by molar-refractivity contribution is -0.148. The summed E-state index contributed by atoms with van der Waals surface area (Å²) in [7, 11) is 1.35. The normalized spacial score (nSPS) is 21.4. The van der Waals surface area contributed by atoms with Crippen molar-refractivity contribution in [2.24, 2.45) is 5.92 Å². The van der Waals surface area contributed by atoms with Crippen LogP contribution in [0.3, 0.4) is 0 Å². The van der Waals surface area contributed by atoms with Gasteiger partial charge in [-0.3, -0.25) is 4.90 Å². The van der Waals surface area contributed by atoms with Crippen molar-refractivity contribution in [3.05, 3.63) is 35.6 Å². The van der Waals surface area contributed by atoms with Gasteiger partial charge >= 0.3 is 5.97 Å². The second kappa shape index (κ2) is 6.81. The SMILES string of the molecule is COC(=O)C(c1ccc(F)cc1)N1CCCC(CO)C1. The molecule has 0 aromatic heterocycles. The zero-order chi connectivity index (χ0) is 14.5. The molecule has 0 aliphatic carbocycles. The molecule has 5 heteroatoms. The summed E-state index contributed by atoms with van der Waals surface area (Å²) < 4.78 is 17.9. The van der Waals surface area contributed by atoms with Gasteiger partial charge in [-0.2, -0.15) is 0 Å². The van der Waals surface area contributed by atoms with E-state index in [9.17, 15) is 14.3 Å². The highest BCUT2D eigenvalue weighted by Gasteiger charge is 2.32. The van der Waals surface area contributed by atoms with Crippen LogP contribution in [0.15, 0.2) is 24.3 Å². The minimum Gasteiger partial charge on any atom is -0.468 e. The van der Waals surface area contributed by atoms with E-state index in [0.717, 1.165) is 24.9 Å². The number of aliphatic hydroxyl groups excluding tert-OH is 1. The summed E-state index contributed by atoms with van der Waals surface area (Å²) in [5.74, 6) is -0.504. The number of likely N-dealkylation sites (tertiary alicyclic amines) is 1. The Morgan fingerprint density at radius 2 is 2.20 bits per heavy atom. The number of piperidine rings is 1. The van der Waals surface area contributed by atoms with Gasteiger partial charge in [0.15, 0.2) is 0 Å². The number of carbonyl (C=O) groups excluding carboxylic acids is 1. The van der Waals surface area contributed by atoms with Crippen LogP contribution >= 0.6 is 0 Å². The van der Waals surface area contributed by atoms with Crippen molar-refractivity contribution in [2.45, 2.75) is 18.9 Å². The van der Waals surface area contributed by atoms with Gasteiger partial charge in [0.1, 0.15) is 11.9 Å². The molecule has 0 amide bonds. The third kappa shape index (κ3) is 3.35. The fourth-order valence-electron chi connectivity index (χ4n) is 2.73. The van der Waals surface area contributed by atoms with Crippen molar-refractivity contribution in [1.82, 2.24) is 4.90 Å². The smallest absolute Gasteiger partial charge is 0.327 e. The molecule has 110 valence electrons. The monoisotopic (exact) mass is 281 g/mol. The Bertz CT molecular complexity index is 449. The molecule has 1 heterocycles. The Kier molecular flexibility index (Phi) is 5.09. The van der Waals surface area contributed by atoms with E-state index in [0.29, 0.717) is 6.54 Å². The molecule has 1 N–H and O–H groups in total. The molecular weight excluding hydrogens is 261 g/mol. The lowest BCUT2D eigenvalue weighted by atomic mass is 9.95. The van der Waals surface area contributed by atoms with Crippen LogP contribution in [0.25, 0.3) is 0 Å². The minimum atomic E-state index is -0.532. The van der Waals surface area contributed by atoms with Crippen LogP contribution in [-0.2, 0) is 9.53 Å². The molecule has 2 unspecified atom stereocenters. The number of esters is 1. The van der Waals surface area contributed by atoms with Crippen LogP contribution in [-0.4, -0.2) is 42.8 Å². The second-order valence-electron chi connectivity index (χ2n) is 5.16. The number of carbonyl (C=O) groups is 1. The van der Waals surface area contributed by atoms with E-state index in [-0.39, 0.29) is 24.3 Å². The van der Waals surface area contributed by atoms with Gasteiger partial charge in [0.2, 0.25) is 0 Å². The number of nitrogens with zero attached hydrogens (tertiary/aromatic N) is 1. The maximum absolute atomic E-state index is 13.0. The van der Waals surface area contributed by atoms with Gasteiger partial charge in [-0.15, -0.1) is 0 Å². The molecule has 2 atom stereocenters. The number of aliphatic hydroxyl groups is 1. The molecule has 0 saturated carbocycles. The number of rotatable bonds is 4. The van der Waals surface area contributed by atoms with E-state index < -0.39 is 6.04 Å². The molecule has 0 bridgehead atoms. The van der Waals surface area contributed by atoms with Crippen molar-refractivity contribution in [3.8, 4) is 0 Å². The van der Waals surface area contributed by atoms with Gasteiger partial charge in [0.05, 0.1) is 7.11 Å². The van der Waals surface area contributed by atoms with E-state index in [4.69, 9.17) is 4.74 Å². The molecule has 1 aromatic carbocycles. The maximum Gasteiger partial charge on any atom is 0.327 e. The summed E-state index contributed by atoms with van der Waals surface area (Å²) in [6.45, 7) is 1.54. The quantitative estimate of drug-likeness (QED) is 0.854. The summed E-state index contributed by atoms with van der Waals surface area (Å²) in [4.78, 5) is 14.1. The van der Waals surface area contributed by atoms with Crippen LogP contribution in [0.4, 0.5) is 4.39 Å². The number of ether oxygens (including phenoxy) is 1. The van der Waals surface area contributed by atoms with Gasteiger partial charge in [-0.25, -0.2) is 9.18 Å². The number of hydrogen-bond donors (Lipinski definition) is 1. The third-order valence-corrected chi connectivity index (χ3v) is 3.78. The lowest BCUT2D eigenvalue weighted by Gasteiger charge is -2.36. The fraction of sp³-hybridized carbons (Fsp3) is 0.533. The molecule has 20 heavy (non-hydrogen) atoms. The van der Waals surface area contributed by atoms with Crippen LogP contribution in [0.5, 0.6) is 0 Å².